The molecule has 88 valence electrons. The third-order valence-electron chi connectivity index (χ3n) is 2.33. The Kier molecular flexibility index (Phi) is 4.07. The first-order valence-electron chi connectivity index (χ1n) is 5.66. The molecule has 1 unspecified atom stereocenters. The van der Waals surface area contributed by atoms with Crippen LogP contribution in [-0.2, 0) is 9.47 Å². The molecule has 0 aliphatic carbocycles. The summed E-state index contributed by atoms with van der Waals surface area (Å²) >= 11 is 0. The van der Waals surface area contributed by atoms with Gasteiger partial charge in [-0.1, -0.05) is 6.92 Å². The van der Waals surface area contributed by atoms with Crippen LogP contribution in [0.2, 0.25) is 0 Å². The number of nitrogens with zero attached hydrogens (tertiary/aromatic N) is 2. The van der Waals surface area contributed by atoms with Crippen molar-refractivity contribution in [3.05, 3.63) is 18.1 Å². The van der Waals surface area contributed by atoms with Crippen LogP contribution in [0.25, 0.3) is 0 Å². The minimum absolute atomic E-state index is 0.128. The van der Waals surface area contributed by atoms with Crippen molar-refractivity contribution >= 4 is 5.82 Å². The van der Waals surface area contributed by atoms with Crippen LogP contribution in [-0.4, -0.2) is 36.3 Å². The van der Waals surface area contributed by atoms with E-state index < -0.39 is 0 Å². The van der Waals surface area contributed by atoms with E-state index in [1.165, 1.54) is 0 Å². The van der Waals surface area contributed by atoms with Crippen molar-refractivity contribution in [2.24, 2.45) is 0 Å². The van der Waals surface area contributed by atoms with E-state index >= 15 is 0 Å². The molecule has 1 N–H and O–H groups in total. The van der Waals surface area contributed by atoms with E-state index in [0.717, 1.165) is 18.8 Å². The quantitative estimate of drug-likeness (QED) is 0.835. The van der Waals surface area contributed by atoms with Crippen LogP contribution >= 0.6 is 0 Å². The monoisotopic (exact) mass is 223 g/mol. The molecule has 0 spiro atoms. The molecule has 0 saturated carbocycles. The number of anilines is 1. The fourth-order valence-electron chi connectivity index (χ4n) is 1.52. The second-order valence-corrected chi connectivity index (χ2v) is 3.66. The summed E-state index contributed by atoms with van der Waals surface area (Å²) < 4.78 is 10.9. The Morgan fingerprint density at radius 2 is 2.44 bits per heavy atom. The van der Waals surface area contributed by atoms with Crippen molar-refractivity contribution in [2.45, 2.75) is 19.4 Å². The first-order valence-corrected chi connectivity index (χ1v) is 5.66. The number of hydrogen-bond acceptors (Lipinski definition) is 5. The third kappa shape index (κ3) is 2.90. The summed E-state index contributed by atoms with van der Waals surface area (Å²) in [5.41, 5.74) is 0. The maximum atomic E-state index is 5.55. The maximum Gasteiger partial charge on any atom is 0.161 e. The van der Waals surface area contributed by atoms with Gasteiger partial charge in [-0.3, -0.25) is 0 Å². The molecule has 0 bridgehead atoms. The Labute approximate surface area is 95.2 Å². The maximum absolute atomic E-state index is 5.55. The Morgan fingerprint density at radius 1 is 1.50 bits per heavy atom. The normalized spacial score (nSPS) is 20.7. The molecule has 2 heterocycles. The lowest BCUT2D eigenvalue weighted by atomic mass is 10.3. The zero-order valence-electron chi connectivity index (χ0n) is 9.48. The van der Waals surface area contributed by atoms with Gasteiger partial charge < -0.3 is 14.8 Å². The van der Waals surface area contributed by atoms with Gasteiger partial charge in [0.2, 0.25) is 0 Å². The minimum atomic E-state index is -0.128. The summed E-state index contributed by atoms with van der Waals surface area (Å²) in [5.74, 6) is 1.54. The molecule has 1 aromatic heterocycles. The minimum Gasteiger partial charge on any atom is -0.376 e. The summed E-state index contributed by atoms with van der Waals surface area (Å²) in [7, 11) is 0. The lowest BCUT2D eigenvalue weighted by molar-refractivity contribution is -0.0934. The topological polar surface area (TPSA) is 56.3 Å². The number of nitrogens with one attached hydrogen (secondary N) is 1. The van der Waals surface area contributed by atoms with E-state index in [1.807, 2.05) is 6.07 Å². The van der Waals surface area contributed by atoms with Crippen molar-refractivity contribution in [1.82, 2.24) is 9.97 Å². The first-order chi connectivity index (χ1) is 7.90. The lowest BCUT2D eigenvalue weighted by Gasteiger charge is -2.21. The smallest absolute Gasteiger partial charge is 0.161 e. The predicted molar refractivity (Wildman–Crippen MR) is 60.3 cm³/mol. The van der Waals surface area contributed by atoms with Crippen LogP contribution in [0.1, 0.15) is 25.3 Å². The van der Waals surface area contributed by atoms with Gasteiger partial charge >= 0.3 is 0 Å². The van der Waals surface area contributed by atoms with Crippen LogP contribution in [0.4, 0.5) is 5.82 Å². The standard InChI is InChI=1S/C11H17N3O2/c1-2-4-12-10-3-5-13-11(14-10)9-8-15-6-7-16-9/h3,5,9H,2,4,6-8H2,1H3,(H,12,13,14). The van der Waals surface area contributed by atoms with Crippen molar-refractivity contribution in [3.63, 3.8) is 0 Å². The van der Waals surface area contributed by atoms with Crippen molar-refractivity contribution < 1.29 is 9.47 Å². The Balaban J connectivity index is 2.02. The SMILES string of the molecule is CCCNc1ccnc(C2COCCO2)n1. The van der Waals surface area contributed by atoms with Crippen LogP contribution < -0.4 is 5.32 Å². The predicted octanol–water partition coefficient (Wildman–Crippen LogP) is 1.39. The second-order valence-electron chi connectivity index (χ2n) is 3.66. The largest absolute Gasteiger partial charge is 0.376 e. The van der Waals surface area contributed by atoms with Crippen molar-refractivity contribution in [3.8, 4) is 0 Å². The van der Waals surface area contributed by atoms with E-state index in [0.29, 0.717) is 25.6 Å². The van der Waals surface area contributed by atoms with Gasteiger partial charge in [0.1, 0.15) is 11.9 Å². The Hall–Kier alpha value is -1.20. The number of rotatable bonds is 4. The summed E-state index contributed by atoms with van der Waals surface area (Å²) in [5, 5.41) is 3.23. The highest BCUT2D eigenvalue weighted by Gasteiger charge is 2.19. The molecule has 1 atom stereocenters. The molecule has 2 rings (SSSR count). The van der Waals surface area contributed by atoms with Gasteiger partial charge in [0, 0.05) is 12.7 Å². The van der Waals surface area contributed by atoms with Gasteiger partial charge in [0.05, 0.1) is 19.8 Å². The number of hydrogen-bond donors (Lipinski definition) is 1. The van der Waals surface area contributed by atoms with Gasteiger partial charge in [-0.05, 0) is 12.5 Å². The molecule has 5 heteroatoms. The second kappa shape index (κ2) is 5.77. The van der Waals surface area contributed by atoms with Crippen LogP contribution in [0.5, 0.6) is 0 Å². The molecule has 0 radical (unpaired) electrons. The average Bonchev–Trinajstić information content (AvgIpc) is 2.38. The van der Waals surface area contributed by atoms with Crippen LogP contribution in [0, 0.1) is 0 Å². The van der Waals surface area contributed by atoms with E-state index in [9.17, 15) is 0 Å². The van der Waals surface area contributed by atoms with Gasteiger partial charge in [-0.2, -0.15) is 0 Å². The summed E-state index contributed by atoms with van der Waals surface area (Å²) in [6.07, 6.45) is 2.69. The zero-order chi connectivity index (χ0) is 11.2. The van der Waals surface area contributed by atoms with E-state index in [2.05, 4.69) is 22.2 Å². The fourth-order valence-corrected chi connectivity index (χ4v) is 1.52. The van der Waals surface area contributed by atoms with E-state index in [4.69, 9.17) is 9.47 Å². The van der Waals surface area contributed by atoms with Crippen molar-refractivity contribution in [1.29, 1.82) is 0 Å². The van der Waals surface area contributed by atoms with Gasteiger partial charge in [-0.25, -0.2) is 9.97 Å². The lowest BCUT2D eigenvalue weighted by Crippen LogP contribution is -2.23. The van der Waals surface area contributed by atoms with E-state index in [1.54, 1.807) is 6.20 Å². The van der Waals surface area contributed by atoms with Gasteiger partial charge in [-0.15, -0.1) is 0 Å². The molecular weight excluding hydrogens is 206 g/mol. The highest BCUT2D eigenvalue weighted by Crippen LogP contribution is 2.17. The molecule has 1 aliphatic rings. The molecule has 5 nitrogen and oxygen atoms in total. The zero-order valence-corrected chi connectivity index (χ0v) is 9.48. The highest BCUT2D eigenvalue weighted by molar-refractivity contribution is 5.32. The highest BCUT2D eigenvalue weighted by atomic mass is 16.6. The van der Waals surface area contributed by atoms with Gasteiger partial charge in [0.15, 0.2) is 5.82 Å². The first kappa shape index (κ1) is 11.3. The average molecular weight is 223 g/mol. The number of ether oxygens (including phenoxy) is 2. The third-order valence-corrected chi connectivity index (χ3v) is 2.33. The fraction of sp³-hybridized carbons (Fsp3) is 0.636. The summed E-state index contributed by atoms with van der Waals surface area (Å²) in [6.45, 7) is 4.84. The Bertz CT molecular complexity index is 327. The van der Waals surface area contributed by atoms with Crippen molar-refractivity contribution in [2.75, 3.05) is 31.7 Å². The van der Waals surface area contributed by atoms with E-state index in [-0.39, 0.29) is 6.10 Å². The number of aromatic nitrogens is 2. The molecular formula is C11H17N3O2. The summed E-state index contributed by atoms with van der Waals surface area (Å²) in [4.78, 5) is 8.62. The summed E-state index contributed by atoms with van der Waals surface area (Å²) in [6, 6.07) is 1.86. The molecule has 1 aliphatic heterocycles. The molecule has 1 saturated heterocycles. The molecule has 1 aromatic rings. The molecule has 0 amide bonds. The molecule has 1 fully saturated rings. The van der Waals surface area contributed by atoms with Crippen LogP contribution in [0.15, 0.2) is 12.3 Å². The van der Waals surface area contributed by atoms with Gasteiger partial charge in [0.25, 0.3) is 0 Å². The Morgan fingerprint density at radius 3 is 3.19 bits per heavy atom. The van der Waals surface area contributed by atoms with Crippen LogP contribution in [0.3, 0.4) is 0 Å². The molecule has 0 aromatic carbocycles. The molecule has 16 heavy (non-hydrogen) atoms.